The maximum absolute atomic E-state index is 14.6. The molecule has 3 aromatic rings. The van der Waals surface area contributed by atoms with Crippen LogP contribution in [0, 0.1) is 17.6 Å². The lowest BCUT2D eigenvalue weighted by atomic mass is 9.79. The number of piperazine rings is 1. The van der Waals surface area contributed by atoms with Crippen LogP contribution in [-0.4, -0.2) is 50.5 Å². The van der Waals surface area contributed by atoms with Gasteiger partial charge in [0.2, 0.25) is 5.95 Å². The highest BCUT2D eigenvalue weighted by Crippen LogP contribution is 2.41. The fraction of sp³-hybridized carbons (Fsp3) is 0.476. The lowest BCUT2D eigenvalue weighted by Crippen LogP contribution is -2.55. The molecule has 1 aliphatic heterocycles. The van der Waals surface area contributed by atoms with Crippen molar-refractivity contribution in [3.63, 3.8) is 0 Å². The molecule has 1 aromatic carbocycles. The van der Waals surface area contributed by atoms with Crippen LogP contribution in [-0.2, 0) is 13.2 Å². The largest absolute Gasteiger partial charge is 0.503 e. The normalized spacial score (nSPS) is 19.8. The molecule has 1 saturated carbocycles. The number of phenolic OH excluding ortho intramolecular Hbond substituents is 1. The van der Waals surface area contributed by atoms with E-state index in [1.807, 2.05) is 4.90 Å². The molecule has 2 fully saturated rings. The summed E-state index contributed by atoms with van der Waals surface area (Å²) in [6.07, 6.45) is -0.154. The fourth-order valence-corrected chi connectivity index (χ4v) is 4.50. The number of alkyl halides is 3. The standard InChI is InChI=1S/C21H21F5N6O/c1-31-19-12(8-28-20(29-19)32-6-5-27-14(9-32)10-3-2-4-10)17(30-31)11-7-13(21(24,25)26)16(23)18(33)15(11)22/h7-8,10,14,27,33H,2-6,9H2,1H3. The van der Waals surface area contributed by atoms with Gasteiger partial charge in [0.1, 0.15) is 5.69 Å². The monoisotopic (exact) mass is 468 g/mol. The van der Waals surface area contributed by atoms with Gasteiger partial charge in [0.05, 0.1) is 10.9 Å². The van der Waals surface area contributed by atoms with E-state index >= 15 is 0 Å². The Balaban J connectivity index is 1.55. The Hall–Kier alpha value is -3.02. The Labute approximate surface area is 185 Å². The molecule has 1 saturated heterocycles. The van der Waals surface area contributed by atoms with E-state index in [1.165, 1.54) is 37.2 Å². The van der Waals surface area contributed by atoms with Crippen molar-refractivity contribution < 1.29 is 27.1 Å². The number of aromatic nitrogens is 4. The molecular formula is C21H21F5N6O. The second-order valence-corrected chi connectivity index (χ2v) is 8.52. The highest BCUT2D eigenvalue weighted by molar-refractivity contribution is 5.91. The highest BCUT2D eigenvalue weighted by atomic mass is 19.4. The Bertz CT molecular complexity index is 1220. The SMILES string of the molecule is Cn1nc(-c2cc(C(F)(F)F)c(F)c(O)c2F)c2cnc(N3CCNC(C4CCC4)C3)nc21. The summed E-state index contributed by atoms with van der Waals surface area (Å²) in [6, 6.07) is 0.644. The summed E-state index contributed by atoms with van der Waals surface area (Å²) in [6.45, 7) is 2.20. The van der Waals surface area contributed by atoms with Crippen molar-refractivity contribution in [1.29, 1.82) is 0 Å². The molecule has 2 N–H and O–H groups in total. The van der Waals surface area contributed by atoms with Gasteiger partial charge in [0.15, 0.2) is 23.0 Å². The predicted molar refractivity (Wildman–Crippen MR) is 110 cm³/mol. The number of halogens is 5. The number of anilines is 1. The van der Waals surface area contributed by atoms with E-state index in [1.54, 1.807) is 0 Å². The number of hydrogen-bond donors (Lipinski definition) is 2. The first-order valence-electron chi connectivity index (χ1n) is 10.6. The van der Waals surface area contributed by atoms with Crippen LogP contribution in [0.3, 0.4) is 0 Å². The van der Waals surface area contributed by atoms with Crippen LogP contribution in [0.2, 0.25) is 0 Å². The van der Waals surface area contributed by atoms with Crippen LogP contribution in [0.25, 0.3) is 22.3 Å². The Morgan fingerprint density at radius 1 is 1.18 bits per heavy atom. The molecule has 2 aliphatic rings. The highest BCUT2D eigenvalue weighted by Gasteiger charge is 2.38. The lowest BCUT2D eigenvalue weighted by molar-refractivity contribution is -0.140. The van der Waals surface area contributed by atoms with Crippen molar-refractivity contribution in [2.24, 2.45) is 13.0 Å². The number of hydrogen-bond acceptors (Lipinski definition) is 6. The summed E-state index contributed by atoms with van der Waals surface area (Å²) in [7, 11) is 1.52. The molecule has 2 aromatic heterocycles. The van der Waals surface area contributed by atoms with Gasteiger partial charge in [-0.2, -0.15) is 23.3 Å². The van der Waals surface area contributed by atoms with E-state index in [-0.39, 0.29) is 16.7 Å². The summed E-state index contributed by atoms with van der Waals surface area (Å²) in [5.74, 6) is -4.24. The van der Waals surface area contributed by atoms with Gasteiger partial charge in [0, 0.05) is 44.5 Å². The minimum atomic E-state index is -5.13. The van der Waals surface area contributed by atoms with Crippen molar-refractivity contribution in [2.45, 2.75) is 31.5 Å². The summed E-state index contributed by atoms with van der Waals surface area (Å²) >= 11 is 0. The van der Waals surface area contributed by atoms with Gasteiger partial charge in [-0.05, 0) is 24.8 Å². The summed E-state index contributed by atoms with van der Waals surface area (Å²) in [5.41, 5.74) is -2.40. The zero-order valence-electron chi connectivity index (χ0n) is 17.6. The van der Waals surface area contributed by atoms with Gasteiger partial charge in [-0.25, -0.2) is 18.4 Å². The second-order valence-electron chi connectivity index (χ2n) is 8.52. The van der Waals surface area contributed by atoms with Gasteiger partial charge >= 0.3 is 6.18 Å². The number of benzene rings is 1. The zero-order valence-corrected chi connectivity index (χ0v) is 17.6. The molecule has 12 heteroatoms. The second kappa shape index (κ2) is 7.79. The van der Waals surface area contributed by atoms with Gasteiger partial charge in [-0.1, -0.05) is 6.42 Å². The van der Waals surface area contributed by atoms with Gasteiger partial charge in [0.25, 0.3) is 0 Å². The molecule has 3 heterocycles. The maximum atomic E-state index is 14.6. The van der Waals surface area contributed by atoms with E-state index in [0.29, 0.717) is 30.5 Å². The van der Waals surface area contributed by atoms with Crippen LogP contribution >= 0.6 is 0 Å². The topological polar surface area (TPSA) is 79.1 Å². The molecule has 0 bridgehead atoms. The number of nitrogens with zero attached hydrogens (tertiary/aromatic N) is 5. The summed E-state index contributed by atoms with van der Waals surface area (Å²) < 4.78 is 69.5. The Kier molecular flexibility index (Phi) is 5.15. The third-order valence-electron chi connectivity index (χ3n) is 6.51. The lowest BCUT2D eigenvalue weighted by Gasteiger charge is -2.41. The molecule has 0 spiro atoms. The van der Waals surface area contributed by atoms with Crippen LogP contribution < -0.4 is 10.2 Å². The molecular weight excluding hydrogens is 447 g/mol. The number of rotatable bonds is 3. The molecule has 0 radical (unpaired) electrons. The number of nitrogens with one attached hydrogen (secondary N) is 1. The van der Waals surface area contributed by atoms with Crippen LogP contribution in [0.1, 0.15) is 24.8 Å². The Morgan fingerprint density at radius 3 is 2.61 bits per heavy atom. The minimum Gasteiger partial charge on any atom is -0.503 e. The van der Waals surface area contributed by atoms with E-state index in [0.717, 1.165) is 13.1 Å². The maximum Gasteiger partial charge on any atom is 0.419 e. The fourth-order valence-electron chi connectivity index (χ4n) is 4.50. The molecule has 1 unspecified atom stereocenters. The Morgan fingerprint density at radius 2 is 1.94 bits per heavy atom. The third kappa shape index (κ3) is 3.65. The minimum absolute atomic E-state index is 0.185. The first kappa shape index (κ1) is 21.8. The van der Waals surface area contributed by atoms with Crippen LogP contribution in [0.4, 0.5) is 27.9 Å². The number of fused-ring (bicyclic) bond motifs is 1. The van der Waals surface area contributed by atoms with Crippen molar-refractivity contribution in [3.05, 3.63) is 29.5 Å². The smallest absolute Gasteiger partial charge is 0.419 e. The van der Waals surface area contributed by atoms with Crippen molar-refractivity contribution in [2.75, 3.05) is 24.5 Å². The molecule has 5 rings (SSSR count). The zero-order chi connectivity index (χ0) is 23.5. The van der Waals surface area contributed by atoms with Crippen molar-refractivity contribution in [3.8, 4) is 17.0 Å². The first-order chi connectivity index (χ1) is 15.6. The number of aryl methyl sites for hydroxylation is 1. The third-order valence-corrected chi connectivity index (χ3v) is 6.51. The van der Waals surface area contributed by atoms with Crippen LogP contribution in [0.15, 0.2) is 12.3 Å². The molecule has 33 heavy (non-hydrogen) atoms. The van der Waals surface area contributed by atoms with Gasteiger partial charge in [-0.3, -0.25) is 0 Å². The van der Waals surface area contributed by atoms with Crippen molar-refractivity contribution in [1.82, 2.24) is 25.1 Å². The van der Waals surface area contributed by atoms with E-state index < -0.39 is 34.7 Å². The van der Waals surface area contributed by atoms with E-state index in [4.69, 9.17) is 0 Å². The number of aromatic hydroxyl groups is 1. The summed E-state index contributed by atoms with van der Waals surface area (Å²) in [5, 5.41) is 17.5. The number of phenols is 1. The molecule has 1 atom stereocenters. The first-order valence-corrected chi connectivity index (χ1v) is 10.6. The van der Waals surface area contributed by atoms with E-state index in [2.05, 4.69) is 20.4 Å². The average molecular weight is 468 g/mol. The van der Waals surface area contributed by atoms with Crippen LogP contribution in [0.5, 0.6) is 5.75 Å². The predicted octanol–water partition coefficient (Wildman–Crippen LogP) is 3.61. The van der Waals surface area contributed by atoms with Crippen molar-refractivity contribution >= 4 is 17.0 Å². The molecule has 7 nitrogen and oxygen atoms in total. The molecule has 176 valence electrons. The van der Waals surface area contributed by atoms with Gasteiger partial charge in [-0.15, -0.1) is 0 Å². The molecule has 1 aliphatic carbocycles. The average Bonchev–Trinajstić information content (AvgIpc) is 3.06. The summed E-state index contributed by atoms with van der Waals surface area (Å²) in [4.78, 5) is 10.9. The van der Waals surface area contributed by atoms with E-state index in [9.17, 15) is 27.1 Å². The molecule has 0 amide bonds. The van der Waals surface area contributed by atoms with Gasteiger partial charge < -0.3 is 15.3 Å². The quantitative estimate of drug-likeness (QED) is 0.572.